The van der Waals surface area contributed by atoms with Crippen molar-refractivity contribution in [2.75, 3.05) is 13.2 Å². The summed E-state index contributed by atoms with van der Waals surface area (Å²) in [6, 6.07) is 4.41. The summed E-state index contributed by atoms with van der Waals surface area (Å²) in [6.07, 6.45) is -3.96. The van der Waals surface area contributed by atoms with Crippen LogP contribution in [0.2, 0.25) is 0 Å². The Kier molecular flexibility index (Phi) is 5.94. The third kappa shape index (κ3) is 3.99. The number of ether oxygens (including phenoxy) is 2. The molecule has 0 amide bonds. The van der Waals surface area contributed by atoms with E-state index in [1.54, 1.807) is 12.1 Å². The van der Waals surface area contributed by atoms with Crippen molar-refractivity contribution in [3.63, 3.8) is 0 Å². The fraction of sp³-hybridized carbons (Fsp3) is 0.467. The Morgan fingerprint density at radius 1 is 1.09 bits per heavy atom. The lowest BCUT2D eigenvalue weighted by Gasteiger charge is -2.39. The first kappa shape index (κ1) is 17.7. The van der Waals surface area contributed by atoms with E-state index >= 15 is 0 Å². The van der Waals surface area contributed by atoms with Crippen molar-refractivity contribution in [2.45, 2.75) is 30.7 Å². The summed E-state index contributed by atoms with van der Waals surface area (Å²) in [5.41, 5.74) is 0.623. The molecule has 8 nitrogen and oxygen atoms in total. The molecule has 1 aliphatic heterocycles. The van der Waals surface area contributed by atoms with Gasteiger partial charge in [-0.1, -0.05) is 18.2 Å². The number of phenolic OH excluding ortho intramolecular Hbond substituents is 1. The molecule has 8 heteroatoms. The zero-order chi connectivity index (χ0) is 17.0. The van der Waals surface area contributed by atoms with E-state index in [2.05, 4.69) is 0 Å². The zero-order valence-corrected chi connectivity index (χ0v) is 12.2. The SMILES string of the molecule is OCC=Cc1ccc(O[C@H]2O[C@H](CO)[C@@H](O)[C@H](O)[C@H]2O)c(O)c1. The number of phenols is 1. The summed E-state index contributed by atoms with van der Waals surface area (Å²) in [5, 5.41) is 57.0. The van der Waals surface area contributed by atoms with E-state index in [1.165, 1.54) is 18.2 Å². The van der Waals surface area contributed by atoms with Gasteiger partial charge in [0.25, 0.3) is 0 Å². The lowest BCUT2D eigenvalue weighted by atomic mass is 9.99. The van der Waals surface area contributed by atoms with E-state index in [0.717, 1.165) is 0 Å². The number of aromatic hydroxyl groups is 1. The van der Waals surface area contributed by atoms with E-state index in [4.69, 9.17) is 19.7 Å². The van der Waals surface area contributed by atoms with Crippen LogP contribution in [-0.4, -0.2) is 74.6 Å². The lowest BCUT2D eigenvalue weighted by Crippen LogP contribution is -2.60. The summed E-state index contributed by atoms with van der Waals surface area (Å²) in [4.78, 5) is 0. The molecule has 0 bridgehead atoms. The van der Waals surface area contributed by atoms with Crippen molar-refractivity contribution in [3.05, 3.63) is 29.8 Å². The molecular formula is C15H20O8. The van der Waals surface area contributed by atoms with Gasteiger partial charge in [-0.3, -0.25) is 0 Å². The highest BCUT2D eigenvalue weighted by molar-refractivity contribution is 5.55. The third-order valence-electron chi connectivity index (χ3n) is 3.49. The molecule has 23 heavy (non-hydrogen) atoms. The molecule has 1 aromatic carbocycles. The number of hydrogen-bond acceptors (Lipinski definition) is 8. The second-order valence-corrected chi connectivity index (χ2v) is 5.13. The minimum absolute atomic E-state index is 0.00419. The van der Waals surface area contributed by atoms with E-state index in [0.29, 0.717) is 5.56 Å². The second-order valence-electron chi connectivity index (χ2n) is 5.13. The van der Waals surface area contributed by atoms with Crippen molar-refractivity contribution < 1.29 is 40.1 Å². The molecule has 5 atom stereocenters. The molecule has 0 aliphatic carbocycles. The quantitative estimate of drug-likeness (QED) is 0.387. The van der Waals surface area contributed by atoms with Crippen LogP contribution in [0.15, 0.2) is 24.3 Å². The van der Waals surface area contributed by atoms with Gasteiger partial charge in [0.05, 0.1) is 13.2 Å². The van der Waals surface area contributed by atoms with Gasteiger partial charge < -0.3 is 40.1 Å². The zero-order valence-electron chi connectivity index (χ0n) is 12.2. The van der Waals surface area contributed by atoms with Crippen molar-refractivity contribution in [1.82, 2.24) is 0 Å². The average Bonchev–Trinajstić information content (AvgIpc) is 2.55. The van der Waals surface area contributed by atoms with Gasteiger partial charge in [-0.25, -0.2) is 0 Å². The van der Waals surface area contributed by atoms with Crippen LogP contribution in [0.25, 0.3) is 6.08 Å². The van der Waals surface area contributed by atoms with E-state index in [1.807, 2.05) is 0 Å². The third-order valence-corrected chi connectivity index (χ3v) is 3.49. The van der Waals surface area contributed by atoms with Gasteiger partial charge in [0.2, 0.25) is 6.29 Å². The van der Waals surface area contributed by atoms with E-state index < -0.39 is 37.3 Å². The van der Waals surface area contributed by atoms with E-state index in [9.17, 15) is 20.4 Å². The fourth-order valence-corrected chi connectivity index (χ4v) is 2.22. The molecule has 1 fully saturated rings. The first-order chi connectivity index (χ1) is 11.0. The van der Waals surface area contributed by atoms with Crippen LogP contribution >= 0.6 is 0 Å². The van der Waals surface area contributed by atoms with Crippen LogP contribution in [-0.2, 0) is 4.74 Å². The van der Waals surface area contributed by atoms with Gasteiger partial charge >= 0.3 is 0 Å². The second kappa shape index (κ2) is 7.73. The molecule has 0 unspecified atom stereocenters. The lowest BCUT2D eigenvalue weighted by molar-refractivity contribution is -0.277. The summed E-state index contributed by atoms with van der Waals surface area (Å²) in [7, 11) is 0. The summed E-state index contributed by atoms with van der Waals surface area (Å²) >= 11 is 0. The molecular weight excluding hydrogens is 308 g/mol. The fourth-order valence-electron chi connectivity index (χ4n) is 2.22. The number of hydrogen-bond donors (Lipinski definition) is 6. The van der Waals surface area contributed by atoms with Gasteiger partial charge in [0, 0.05) is 0 Å². The van der Waals surface area contributed by atoms with Crippen LogP contribution in [0.1, 0.15) is 5.56 Å². The highest BCUT2D eigenvalue weighted by atomic mass is 16.7. The van der Waals surface area contributed by atoms with Crippen molar-refractivity contribution in [3.8, 4) is 11.5 Å². The van der Waals surface area contributed by atoms with Crippen molar-refractivity contribution in [2.24, 2.45) is 0 Å². The molecule has 1 heterocycles. The van der Waals surface area contributed by atoms with Crippen molar-refractivity contribution in [1.29, 1.82) is 0 Å². The van der Waals surface area contributed by atoms with E-state index in [-0.39, 0.29) is 18.1 Å². The Labute approximate surface area is 132 Å². The topological polar surface area (TPSA) is 140 Å². The predicted octanol–water partition coefficient (Wildman–Crippen LogP) is -1.42. The van der Waals surface area contributed by atoms with Crippen LogP contribution in [0.3, 0.4) is 0 Å². The molecule has 6 N–H and O–H groups in total. The van der Waals surface area contributed by atoms with Crippen LogP contribution in [0, 0.1) is 0 Å². The number of aliphatic hydroxyl groups excluding tert-OH is 5. The van der Waals surface area contributed by atoms with Crippen molar-refractivity contribution >= 4 is 6.08 Å². The first-order valence-electron chi connectivity index (χ1n) is 7.05. The first-order valence-corrected chi connectivity index (χ1v) is 7.05. The normalized spacial score (nSPS) is 31.4. The van der Waals surface area contributed by atoms with Crippen LogP contribution in [0.4, 0.5) is 0 Å². The molecule has 128 valence electrons. The average molecular weight is 328 g/mol. The molecule has 0 aromatic heterocycles. The monoisotopic (exact) mass is 328 g/mol. The molecule has 1 aromatic rings. The number of aliphatic hydroxyl groups is 5. The van der Waals surface area contributed by atoms with Gasteiger partial charge in [-0.05, 0) is 17.7 Å². The summed E-state index contributed by atoms with van der Waals surface area (Å²) in [6.45, 7) is -0.703. The Balaban J connectivity index is 2.13. The van der Waals surface area contributed by atoms with Gasteiger partial charge in [-0.2, -0.15) is 0 Å². The Morgan fingerprint density at radius 3 is 2.43 bits per heavy atom. The highest BCUT2D eigenvalue weighted by Crippen LogP contribution is 2.31. The summed E-state index contributed by atoms with van der Waals surface area (Å²) in [5.74, 6) is -0.238. The minimum atomic E-state index is -1.56. The maximum absolute atomic E-state index is 9.93. The number of rotatable bonds is 5. The van der Waals surface area contributed by atoms with Gasteiger partial charge in [-0.15, -0.1) is 0 Å². The van der Waals surface area contributed by atoms with Crippen LogP contribution in [0.5, 0.6) is 11.5 Å². The van der Waals surface area contributed by atoms with Crippen LogP contribution < -0.4 is 4.74 Å². The highest BCUT2D eigenvalue weighted by Gasteiger charge is 2.44. The maximum Gasteiger partial charge on any atom is 0.229 e. The van der Waals surface area contributed by atoms with Gasteiger partial charge in [0.15, 0.2) is 11.5 Å². The van der Waals surface area contributed by atoms with Gasteiger partial charge in [0.1, 0.15) is 24.4 Å². The molecule has 1 aliphatic rings. The molecule has 1 saturated heterocycles. The largest absolute Gasteiger partial charge is 0.504 e. The Bertz CT molecular complexity index is 544. The summed E-state index contributed by atoms with van der Waals surface area (Å²) < 4.78 is 10.5. The predicted molar refractivity (Wildman–Crippen MR) is 78.6 cm³/mol. The Morgan fingerprint density at radius 2 is 1.83 bits per heavy atom. The molecule has 0 radical (unpaired) electrons. The minimum Gasteiger partial charge on any atom is -0.504 e. The number of benzene rings is 1. The molecule has 0 saturated carbocycles. The standard InChI is InChI=1S/C15H20O8/c16-5-1-2-8-3-4-10(9(18)6-8)22-15-14(21)13(20)12(19)11(7-17)23-15/h1-4,6,11-21H,5,7H2/t11-,12-,13+,14-,15+/m1/s1. The smallest absolute Gasteiger partial charge is 0.229 e. The Hall–Kier alpha value is -1.68. The molecule has 0 spiro atoms. The molecule has 2 rings (SSSR count). The maximum atomic E-state index is 9.93.